The minimum atomic E-state index is -0.694. The van der Waals surface area contributed by atoms with E-state index in [1.807, 2.05) is 12.1 Å². The maximum absolute atomic E-state index is 10.6. The van der Waals surface area contributed by atoms with E-state index in [2.05, 4.69) is 0 Å². The molecule has 0 bridgehead atoms. The molecule has 2 rings (SSSR count). The van der Waals surface area contributed by atoms with Gasteiger partial charge in [0.1, 0.15) is 0 Å². The van der Waals surface area contributed by atoms with Crippen molar-refractivity contribution >= 4 is 17.6 Å². The number of rotatable bonds is 2. The number of aliphatic carboxylic acids is 1. The highest BCUT2D eigenvalue weighted by Gasteiger charge is 2.43. The van der Waals surface area contributed by atoms with Crippen molar-refractivity contribution in [3.05, 3.63) is 34.9 Å². The molecule has 1 unspecified atom stereocenters. The summed E-state index contributed by atoms with van der Waals surface area (Å²) in [6, 6.07) is 7.40. The topological polar surface area (TPSA) is 37.3 Å². The quantitative estimate of drug-likeness (QED) is 0.789. The van der Waals surface area contributed by atoms with Gasteiger partial charge in [0, 0.05) is 5.02 Å². The van der Waals surface area contributed by atoms with Crippen LogP contribution in [-0.2, 0) is 4.79 Å². The molecule has 0 aliphatic heterocycles. The van der Waals surface area contributed by atoms with Gasteiger partial charge >= 0.3 is 5.97 Å². The van der Waals surface area contributed by atoms with Crippen molar-refractivity contribution in [2.75, 3.05) is 0 Å². The molecule has 0 spiro atoms. The number of hydrogen-bond acceptors (Lipinski definition) is 1. The summed E-state index contributed by atoms with van der Waals surface area (Å²) in [4.78, 5) is 10.6. The van der Waals surface area contributed by atoms with Gasteiger partial charge in [0.2, 0.25) is 0 Å². The first-order valence-corrected chi connectivity index (χ1v) is 4.54. The zero-order chi connectivity index (χ0) is 9.42. The van der Waals surface area contributed by atoms with Gasteiger partial charge < -0.3 is 5.11 Å². The van der Waals surface area contributed by atoms with E-state index in [0.717, 1.165) is 12.0 Å². The van der Waals surface area contributed by atoms with Crippen LogP contribution < -0.4 is 0 Å². The Kier molecular flexibility index (Phi) is 2.00. The smallest absolute Gasteiger partial charge is 0.307 e. The fraction of sp³-hybridized carbons (Fsp3) is 0.300. The standard InChI is InChI=1S/C10H9ClO2/c11-7-3-1-6(2-4-7)8-5-9(8)10(12)13/h1-4,8-9H,5H2,(H,12,13)/t8?,9-/m1/s1. The van der Waals surface area contributed by atoms with E-state index in [1.54, 1.807) is 12.1 Å². The largest absolute Gasteiger partial charge is 0.481 e. The molecule has 3 heteroatoms. The lowest BCUT2D eigenvalue weighted by atomic mass is 10.1. The van der Waals surface area contributed by atoms with E-state index in [-0.39, 0.29) is 11.8 Å². The van der Waals surface area contributed by atoms with Crippen LogP contribution in [-0.4, -0.2) is 11.1 Å². The van der Waals surface area contributed by atoms with Crippen LogP contribution in [0.15, 0.2) is 24.3 Å². The van der Waals surface area contributed by atoms with Crippen LogP contribution in [0, 0.1) is 5.92 Å². The summed E-state index contributed by atoms with van der Waals surface area (Å²) in [6.07, 6.45) is 0.761. The van der Waals surface area contributed by atoms with E-state index in [4.69, 9.17) is 16.7 Å². The second-order valence-electron chi connectivity index (χ2n) is 3.34. The zero-order valence-electron chi connectivity index (χ0n) is 6.90. The first-order valence-electron chi connectivity index (χ1n) is 4.17. The Morgan fingerprint density at radius 2 is 2.00 bits per heavy atom. The maximum Gasteiger partial charge on any atom is 0.307 e. The van der Waals surface area contributed by atoms with Crippen LogP contribution in [0.3, 0.4) is 0 Å². The van der Waals surface area contributed by atoms with Gasteiger partial charge in [-0.25, -0.2) is 0 Å². The minimum Gasteiger partial charge on any atom is -0.481 e. The highest BCUT2D eigenvalue weighted by molar-refractivity contribution is 6.30. The number of carboxylic acids is 1. The number of benzene rings is 1. The van der Waals surface area contributed by atoms with Crippen LogP contribution in [0.1, 0.15) is 17.9 Å². The van der Waals surface area contributed by atoms with E-state index >= 15 is 0 Å². The summed E-state index contributed by atoms with van der Waals surface area (Å²) < 4.78 is 0. The second kappa shape index (κ2) is 3.04. The predicted molar refractivity (Wildman–Crippen MR) is 49.9 cm³/mol. The second-order valence-corrected chi connectivity index (χ2v) is 3.77. The van der Waals surface area contributed by atoms with Gasteiger partial charge in [-0.05, 0) is 30.0 Å². The molecule has 1 aliphatic rings. The van der Waals surface area contributed by atoms with Crippen LogP contribution in [0.2, 0.25) is 5.02 Å². The van der Waals surface area contributed by atoms with Gasteiger partial charge in [-0.15, -0.1) is 0 Å². The van der Waals surface area contributed by atoms with Crippen molar-refractivity contribution in [1.82, 2.24) is 0 Å². The zero-order valence-corrected chi connectivity index (χ0v) is 7.66. The lowest BCUT2D eigenvalue weighted by Crippen LogP contribution is -1.98. The number of hydrogen-bond donors (Lipinski definition) is 1. The fourth-order valence-corrected chi connectivity index (χ4v) is 1.67. The molecule has 13 heavy (non-hydrogen) atoms. The Bertz CT molecular complexity index is 331. The highest BCUT2D eigenvalue weighted by Crippen LogP contribution is 2.47. The van der Waals surface area contributed by atoms with E-state index in [9.17, 15) is 4.79 Å². The van der Waals surface area contributed by atoms with Crippen LogP contribution in [0.4, 0.5) is 0 Å². The minimum absolute atomic E-state index is 0.179. The third kappa shape index (κ3) is 1.68. The van der Waals surface area contributed by atoms with Crippen LogP contribution in [0.5, 0.6) is 0 Å². The van der Waals surface area contributed by atoms with Gasteiger partial charge in [0.15, 0.2) is 0 Å². The maximum atomic E-state index is 10.6. The van der Waals surface area contributed by atoms with Crippen molar-refractivity contribution < 1.29 is 9.90 Å². The molecule has 0 aromatic heterocycles. The molecular weight excluding hydrogens is 188 g/mol. The SMILES string of the molecule is O=C(O)[C@@H]1CC1c1ccc(Cl)cc1. The number of halogens is 1. The molecule has 0 saturated heterocycles. The van der Waals surface area contributed by atoms with Crippen molar-refractivity contribution in [3.63, 3.8) is 0 Å². The van der Waals surface area contributed by atoms with Gasteiger partial charge in [-0.3, -0.25) is 4.79 Å². The van der Waals surface area contributed by atoms with Crippen molar-refractivity contribution in [1.29, 1.82) is 0 Å². The van der Waals surface area contributed by atoms with Gasteiger partial charge in [0.05, 0.1) is 5.92 Å². The van der Waals surface area contributed by atoms with E-state index < -0.39 is 5.97 Å². The Hall–Kier alpha value is -1.02. The monoisotopic (exact) mass is 196 g/mol. The normalized spacial score (nSPS) is 25.6. The van der Waals surface area contributed by atoms with Crippen LogP contribution >= 0.6 is 11.6 Å². The molecule has 0 radical (unpaired) electrons. The fourth-order valence-electron chi connectivity index (χ4n) is 1.55. The molecule has 2 nitrogen and oxygen atoms in total. The van der Waals surface area contributed by atoms with Gasteiger partial charge in [-0.2, -0.15) is 0 Å². The highest BCUT2D eigenvalue weighted by atomic mass is 35.5. The molecule has 1 aromatic carbocycles. The summed E-state index contributed by atoms with van der Waals surface area (Å²) >= 11 is 5.72. The van der Waals surface area contributed by atoms with Crippen LogP contribution in [0.25, 0.3) is 0 Å². The van der Waals surface area contributed by atoms with Gasteiger partial charge in [0.25, 0.3) is 0 Å². The summed E-state index contributed by atoms with van der Waals surface area (Å²) in [5.74, 6) is -0.670. The molecule has 68 valence electrons. The number of carboxylic acid groups (broad SMARTS) is 1. The van der Waals surface area contributed by atoms with E-state index in [1.165, 1.54) is 0 Å². The Labute approximate surface area is 81.1 Å². The number of carbonyl (C=O) groups is 1. The molecule has 0 amide bonds. The molecule has 1 N–H and O–H groups in total. The first-order chi connectivity index (χ1) is 6.18. The first kappa shape index (κ1) is 8.57. The van der Waals surface area contributed by atoms with E-state index in [0.29, 0.717) is 5.02 Å². The van der Waals surface area contributed by atoms with Crippen molar-refractivity contribution in [3.8, 4) is 0 Å². The molecule has 2 atom stereocenters. The summed E-state index contributed by atoms with van der Waals surface area (Å²) in [5.41, 5.74) is 1.08. The third-order valence-electron chi connectivity index (χ3n) is 2.41. The van der Waals surface area contributed by atoms with Crippen molar-refractivity contribution in [2.45, 2.75) is 12.3 Å². The molecule has 1 aliphatic carbocycles. The summed E-state index contributed by atoms with van der Waals surface area (Å²) in [7, 11) is 0. The average molecular weight is 197 g/mol. The average Bonchev–Trinajstić information content (AvgIpc) is 2.85. The van der Waals surface area contributed by atoms with Gasteiger partial charge in [-0.1, -0.05) is 23.7 Å². The molecule has 1 saturated carbocycles. The third-order valence-corrected chi connectivity index (χ3v) is 2.66. The molecule has 1 aromatic rings. The Balaban J connectivity index is 2.12. The summed E-state index contributed by atoms with van der Waals surface area (Å²) in [6.45, 7) is 0. The molecular formula is C10H9ClO2. The van der Waals surface area contributed by atoms with Crippen molar-refractivity contribution in [2.24, 2.45) is 5.92 Å². The summed E-state index contributed by atoms with van der Waals surface area (Å²) in [5, 5.41) is 9.40. The molecule has 1 fully saturated rings. The lowest BCUT2D eigenvalue weighted by molar-refractivity contribution is -0.138. The lowest BCUT2D eigenvalue weighted by Gasteiger charge is -1.97. The Morgan fingerprint density at radius 3 is 2.46 bits per heavy atom. The predicted octanol–water partition coefficient (Wildman–Crippen LogP) is 2.53. The Morgan fingerprint density at radius 1 is 1.38 bits per heavy atom. The molecule has 0 heterocycles.